The number of ether oxygens (including phenoxy) is 1. The molecule has 8 nitrogen and oxygen atoms in total. The lowest BCUT2D eigenvalue weighted by molar-refractivity contribution is -0.133. The first-order valence-electron chi connectivity index (χ1n) is 4.75. The third kappa shape index (κ3) is 5.65. The van der Waals surface area contributed by atoms with Gasteiger partial charge in [0.25, 0.3) is 0 Å². The van der Waals surface area contributed by atoms with Gasteiger partial charge in [0.2, 0.25) is 0 Å². The molecule has 0 aliphatic rings. The first-order valence-corrected chi connectivity index (χ1v) is 6.55. The van der Waals surface area contributed by atoms with Crippen molar-refractivity contribution in [3.05, 3.63) is 18.2 Å². The van der Waals surface area contributed by atoms with Crippen molar-refractivity contribution in [2.75, 3.05) is 12.8 Å². The van der Waals surface area contributed by atoms with E-state index in [0.717, 1.165) is 18.2 Å². The summed E-state index contributed by atoms with van der Waals surface area (Å²) in [6, 6.07) is 3.28. The van der Waals surface area contributed by atoms with Crippen LogP contribution in [0.5, 0.6) is 17.2 Å². The number of carbonyl (C=O) groups excluding carboxylic acids is 1. The second-order valence-corrected chi connectivity index (χ2v) is 5.05. The van der Waals surface area contributed by atoms with E-state index >= 15 is 0 Å². The Labute approximate surface area is 102 Å². The van der Waals surface area contributed by atoms with Crippen LogP contribution in [0.15, 0.2) is 18.2 Å². The number of esters is 1. The van der Waals surface area contributed by atoms with Gasteiger partial charge in [0.1, 0.15) is 17.2 Å². The number of phenols is 2. The summed E-state index contributed by atoms with van der Waals surface area (Å²) in [4.78, 5) is 28.3. The van der Waals surface area contributed by atoms with Gasteiger partial charge in [-0.15, -0.1) is 0 Å². The molecular weight excluding hydrogens is 265 g/mol. The predicted octanol–water partition coefficient (Wildman–Crippen LogP) is -0.272. The second kappa shape index (κ2) is 5.83. The lowest BCUT2D eigenvalue weighted by atomic mass is 10.3. The van der Waals surface area contributed by atoms with E-state index in [4.69, 9.17) is 24.7 Å². The van der Waals surface area contributed by atoms with Gasteiger partial charge < -0.3 is 24.7 Å². The molecule has 0 amide bonds. The number of rotatable bonds is 5. The fourth-order valence-corrected chi connectivity index (χ4v) is 1.50. The Hall–Kier alpha value is -1.60. The Balaban J connectivity index is 2.47. The summed E-state index contributed by atoms with van der Waals surface area (Å²) >= 11 is 0. The molecule has 18 heavy (non-hydrogen) atoms. The molecular formula is C9H12NO7P. The molecule has 0 spiro atoms. The molecule has 100 valence electrons. The van der Waals surface area contributed by atoms with Crippen molar-refractivity contribution in [2.45, 2.75) is 0 Å². The highest BCUT2D eigenvalue weighted by Gasteiger charge is 2.13. The van der Waals surface area contributed by atoms with Crippen molar-refractivity contribution >= 4 is 13.6 Å². The highest BCUT2D eigenvalue weighted by Crippen LogP contribution is 2.31. The Morgan fingerprint density at radius 2 is 1.78 bits per heavy atom. The molecule has 0 aromatic heterocycles. The molecule has 0 saturated heterocycles. The Kier molecular flexibility index (Phi) is 4.69. The fraction of sp³-hybridized carbons (Fsp3) is 0.222. The predicted molar refractivity (Wildman–Crippen MR) is 60.3 cm³/mol. The van der Waals surface area contributed by atoms with Gasteiger partial charge in [-0.05, 0) is 0 Å². The number of benzene rings is 1. The summed E-state index contributed by atoms with van der Waals surface area (Å²) < 4.78 is 15.2. The number of hydrogen-bond acceptors (Lipinski definition) is 6. The maximum absolute atomic E-state index is 11.2. The summed E-state index contributed by atoms with van der Waals surface area (Å²) in [6.07, 6.45) is -0.645. The van der Waals surface area contributed by atoms with Gasteiger partial charge in [0, 0.05) is 18.2 Å². The number of phenolic OH excluding ortho intramolecular Hbond substituents is 2. The quantitative estimate of drug-likeness (QED) is 0.282. The van der Waals surface area contributed by atoms with Gasteiger partial charge in [0.05, 0.1) is 12.8 Å². The third-order valence-electron chi connectivity index (χ3n) is 1.69. The number of nitrogens with one attached hydrogen (secondary N) is 1. The molecule has 0 atom stereocenters. The maximum Gasteiger partial charge on any atom is 0.339 e. The van der Waals surface area contributed by atoms with Crippen LogP contribution in [0.2, 0.25) is 0 Å². The standard InChI is InChI=1S/C9H12NO7P/c11-6-1-7(12)3-8(2-6)17-9(13)4-10-5-18(14,15)16/h1-3,10-12H,4-5H2,(H2,14,15,16). The summed E-state index contributed by atoms with van der Waals surface area (Å²) in [5.41, 5.74) is 0. The SMILES string of the molecule is O=C(CNCP(=O)(O)O)Oc1cc(O)cc(O)c1. The minimum Gasteiger partial charge on any atom is -0.508 e. The second-order valence-electron chi connectivity index (χ2n) is 3.41. The van der Waals surface area contributed by atoms with Gasteiger partial charge in [-0.1, -0.05) is 0 Å². The van der Waals surface area contributed by atoms with Crippen LogP contribution in [-0.4, -0.2) is 38.8 Å². The monoisotopic (exact) mass is 277 g/mol. The molecule has 0 unspecified atom stereocenters. The van der Waals surface area contributed by atoms with Crippen LogP contribution in [0.1, 0.15) is 0 Å². The van der Waals surface area contributed by atoms with Gasteiger partial charge in [-0.25, -0.2) is 0 Å². The largest absolute Gasteiger partial charge is 0.508 e. The van der Waals surface area contributed by atoms with Crippen LogP contribution in [-0.2, 0) is 9.36 Å². The van der Waals surface area contributed by atoms with Gasteiger partial charge in [-0.2, -0.15) is 0 Å². The summed E-state index contributed by atoms with van der Waals surface area (Å²) in [5.74, 6) is -1.44. The molecule has 1 aromatic carbocycles. The van der Waals surface area contributed by atoms with Gasteiger partial charge in [-0.3, -0.25) is 14.7 Å². The van der Waals surface area contributed by atoms with E-state index in [2.05, 4.69) is 5.32 Å². The molecule has 0 aliphatic heterocycles. The molecule has 0 heterocycles. The van der Waals surface area contributed by atoms with E-state index in [1.165, 1.54) is 0 Å². The maximum atomic E-state index is 11.2. The number of carbonyl (C=O) groups is 1. The molecule has 0 aliphatic carbocycles. The molecule has 0 saturated carbocycles. The molecule has 0 bridgehead atoms. The minimum atomic E-state index is -4.22. The van der Waals surface area contributed by atoms with Gasteiger partial charge in [0.15, 0.2) is 0 Å². The first-order chi connectivity index (χ1) is 8.26. The highest BCUT2D eigenvalue weighted by atomic mass is 31.2. The summed E-state index contributed by atoms with van der Waals surface area (Å²) in [7, 11) is -4.22. The average Bonchev–Trinajstić information content (AvgIpc) is 2.12. The molecule has 1 rings (SSSR count). The van der Waals surface area contributed by atoms with Crippen LogP contribution < -0.4 is 10.1 Å². The minimum absolute atomic E-state index is 0.0736. The molecule has 1 aromatic rings. The number of aromatic hydroxyl groups is 2. The van der Waals surface area contributed by atoms with E-state index in [0.29, 0.717) is 0 Å². The number of hydrogen-bond donors (Lipinski definition) is 5. The van der Waals surface area contributed by atoms with Crippen LogP contribution >= 0.6 is 7.60 Å². The molecule has 5 N–H and O–H groups in total. The fourth-order valence-electron chi connectivity index (χ4n) is 1.10. The summed E-state index contributed by atoms with van der Waals surface area (Å²) in [5, 5.41) is 20.5. The summed E-state index contributed by atoms with van der Waals surface area (Å²) in [6.45, 7) is -0.415. The Bertz CT molecular complexity index is 464. The van der Waals surface area contributed by atoms with E-state index in [9.17, 15) is 9.36 Å². The zero-order chi connectivity index (χ0) is 13.8. The van der Waals surface area contributed by atoms with Crippen LogP contribution in [0, 0.1) is 0 Å². The molecule has 0 radical (unpaired) electrons. The van der Waals surface area contributed by atoms with E-state index < -0.39 is 26.4 Å². The van der Waals surface area contributed by atoms with E-state index in [1.807, 2.05) is 0 Å². The van der Waals surface area contributed by atoms with Gasteiger partial charge >= 0.3 is 13.6 Å². The first kappa shape index (κ1) is 14.5. The zero-order valence-corrected chi connectivity index (χ0v) is 10.0. The average molecular weight is 277 g/mol. The van der Waals surface area contributed by atoms with Crippen molar-refractivity contribution < 1.29 is 34.1 Å². The van der Waals surface area contributed by atoms with Crippen molar-refractivity contribution in [1.29, 1.82) is 0 Å². The van der Waals surface area contributed by atoms with Crippen molar-refractivity contribution in [1.82, 2.24) is 5.32 Å². The van der Waals surface area contributed by atoms with Crippen molar-refractivity contribution in [3.8, 4) is 17.2 Å². The topological polar surface area (TPSA) is 136 Å². The van der Waals surface area contributed by atoms with Crippen LogP contribution in [0.25, 0.3) is 0 Å². The van der Waals surface area contributed by atoms with E-state index in [-0.39, 0.29) is 17.2 Å². The van der Waals surface area contributed by atoms with Crippen molar-refractivity contribution in [3.63, 3.8) is 0 Å². The van der Waals surface area contributed by atoms with Crippen LogP contribution in [0.4, 0.5) is 0 Å². The lowest BCUT2D eigenvalue weighted by Gasteiger charge is -2.07. The van der Waals surface area contributed by atoms with Crippen LogP contribution in [0.3, 0.4) is 0 Å². The van der Waals surface area contributed by atoms with E-state index in [1.54, 1.807) is 0 Å². The smallest absolute Gasteiger partial charge is 0.339 e. The highest BCUT2D eigenvalue weighted by molar-refractivity contribution is 7.51. The Morgan fingerprint density at radius 3 is 2.28 bits per heavy atom. The lowest BCUT2D eigenvalue weighted by Crippen LogP contribution is -2.27. The van der Waals surface area contributed by atoms with Crippen molar-refractivity contribution in [2.24, 2.45) is 0 Å². The normalized spacial score (nSPS) is 11.2. The molecule has 0 fully saturated rings. The zero-order valence-electron chi connectivity index (χ0n) is 9.11. The third-order valence-corrected chi connectivity index (χ3v) is 2.33. The Morgan fingerprint density at radius 1 is 1.22 bits per heavy atom. The molecule has 9 heteroatoms.